The zero-order valence-electron chi connectivity index (χ0n) is 23.7. The Labute approximate surface area is 221 Å². The fourth-order valence-electron chi connectivity index (χ4n) is 4.58. The van der Waals surface area contributed by atoms with Gasteiger partial charge in [-0.2, -0.15) is 0 Å². The molecule has 0 aliphatic carbocycles. The zero-order chi connectivity index (χ0) is 26.2. The van der Waals surface area contributed by atoms with Crippen LogP contribution in [0.2, 0.25) is 0 Å². The Morgan fingerprint density at radius 3 is 1.64 bits per heavy atom. The fraction of sp³-hybridized carbons (Fsp3) is 0.545. The molecule has 0 N–H and O–H groups in total. The molecule has 0 unspecified atom stereocenters. The van der Waals surface area contributed by atoms with Gasteiger partial charge in [-0.1, -0.05) is 76.9 Å². The number of rotatable bonds is 14. The Morgan fingerprint density at radius 2 is 1.14 bits per heavy atom. The van der Waals surface area contributed by atoms with Crippen molar-refractivity contribution in [2.45, 2.75) is 92.5 Å². The standard InChI is InChI=1S/C33H50N2O/c1-28(2)13-9-14-29(3)15-10-16-30(4)17-11-18-31(5)19-12-22-33(36)35-25-23-34(24-26-35)27-32-20-7-6-8-21-32/h6-8,13,15,17,19-21H,9-12,14,16,18,22-27H2,1-5H3/b29-15+,30-17?,31-19+. The van der Waals surface area contributed by atoms with Gasteiger partial charge in [0.15, 0.2) is 0 Å². The maximum Gasteiger partial charge on any atom is 0.222 e. The molecule has 1 saturated heterocycles. The van der Waals surface area contributed by atoms with Crippen molar-refractivity contribution >= 4 is 5.91 Å². The monoisotopic (exact) mass is 490 g/mol. The third-order valence-electron chi connectivity index (χ3n) is 6.98. The molecule has 198 valence electrons. The minimum Gasteiger partial charge on any atom is -0.340 e. The normalized spacial score (nSPS) is 15.8. The van der Waals surface area contributed by atoms with Crippen LogP contribution in [0.3, 0.4) is 0 Å². The van der Waals surface area contributed by atoms with Crippen LogP contribution in [-0.4, -0.2) is 41.9 Å². The van der Waals surface area contributed by atoms with Crippen molar-refractivity contribution in [2.24, 2.45) is 0 Å². The summed E-state index contributed by atoms with van der Waals surface area (Å²) in [6.45, 7) is 15.6. The number of hydrogen-bond acceptors (Lipinski definition) is 2. The van der Waals surface area contributed by atoms with Gasteiger partial charge >= 0.3 is 0 Å². The number of carbonyl (C=O) groups excluding carboxylic acids is 1. The molecular formula is C33H50N2O. The highest BCUT2D eigenvalue weighted by Crippen LogP contribution is 2.15. The summed E-state index contributed by atoms with van der Waals surface area (Å²) in [7, 11) is 0. The van der Waals surface area contributed by atoms with E-state index >= 15 is 0 Å². The lowest BCUT2D eigenvalue weighted by atomic mass is 10.0. The van der Waals surface area contributed by atoms with E-state index in [1.807, 2.05) is 0 Å². The first-order valence-electron chi connectivity index (χ1n) is 14.0. The van der Waals surface area contributed by atoms with Crippen LogP contribution >= 0.6 is 0 Å². The number of hydrogen-bond donors (Lipinski definition) is 0. The number of carbonyl (C=O) groups is 1. The van der Waals surface area contributed by atoms with Gasteiger partial charge in [0.25, 0.3) is 0 Å². The van der Waals surface area contributed by atoms with E-state index in [1.165, 1.54) is 34.3 Å². The molecule has 1 amide bonds. The Morgan fingerprint density at radius 1 is 0.667 bits per heavy atom. The first-order valence-corrected chi connectivity index (χ1v) is 14.0. The van der Waals surface area contributed by atoms with Crippen LogP contribution in [0, 0.1) is 0 Å². The van der Waals surface area contributed by atoms with Gasteiger partial charge in [0, 0.05) is 39.1 Å². The highest BCUT2D eigenvalue weighted by molar-refractivity contribution is 5.76. The molecule has 1 aliphatic rings. The largest absolute Gasteiger partial charge is 0.340 e. The zero-order valence-corrected chi connectivity index (χ0v) is 23.7. The quantitative estimate of drug-likeness (QED) is 0.245. The third kappa shape index (κ3) is 13.1. The van der Waals surface area contributed by atoms with Gasteiger partial charge in [-0.05, 0) is 85.1 Å². The molecule has 0 aromatic heterocycles. The number of amides is 1. The van der Waals surface area contributed by atoms with Crippen molar-refractivity contribution in [2.75, 3.05) is 26.2 Å². The van der Waals surface area contributed by atoms with Gasteiger partial charge in [-0.25, -0.2) is 0 Å². The molecule has 0 radical (unpaired) electrons. The van der Waals surface area contributed by atoms with Gasteiger partial charge in [-0.3, -0.25) is 9.69 Å². The molecule has 1 heterocycles. The van der Waals surface area contributed by atoms with Gasteiger partial charge in [0.2, 0.25) is 5.91 Å². The minimum absolute atomic E-state index is 0.304. The van der Waals surface area contributed by atoms with Crippen molar-refractivity contribution in [3.63, 3.8) is 0 Å². The van der Waals surface area contributed by atoms with Gasteiger partial charge < -0.3 is 4.90 Å². The second-order valence-electron chi connectivity index (χ2n) is 10.7. The van der Waals surface area contributed by atoms with Crippen LogP contribution in [-0.2, 0) is 11.3 Å². The summed E-state index contributed by atoms with van der Waals surface area (Å²) in [5.41, 5.74) is 7.14. The second-order valence-corrected chi connectivity index (χ2v) is 10.7. The van der Waals surface area contributed by atoms with E-state index in [0.717, 1.165) is 71.2 Å². The van der Waals surface area contributed by atoms with Crippen molar-refractivity contribution in [3.05, 3.63) is 82.5 Å². The number of piperazine rings is 1. The number of allylic oxidation sites excluding steroid dienone is 8. The van der Waals surface area contributed by atoms with Crippen LogP contribution in [0.25, 0.3) is 0 Å². The van der Waals surface area contributed by atoms with Crippen LogP contribution in [0.1, 0.15) is 91.5 Å². The highest BCUT2D eigenvalue weighted by Gasteiger charge is 2.20. The molecule has 1 aromatic rings. The van der Waals surface area contributed by atoms with Crippen molar-refractivity contribution in [1.82, 2.24) is 9.80 Å². The van der Waals surface area contributed by atoms with Gasteiger partial charge in [0.05, 0.1) is 0 Å². The lowest BCUT2D eigenvalue weighted by Crippen LogP contribution is -2.48. The average Bonchev–Trinajstić information content (AvgIpc) is 2.85. The average molecular weight is 491 g/mol. The first kappa shape index (κ1) is 29.8. The molecule has 36 heavy (non-hydrogen) atoms. The smallest absolute Gasteiger partial charge is 0.222 e. The minimum atomic E-state index is 0.304. The van der Waals surface area contributed by atoms with Crippen LogP contribution in [0.4, 0.5) is 0 Å². The van der Waals surface area contributed by atoms with Crippen LogP contribution in [0.15, 0.2) is 76.9 Å². The first-order chi connectivity index (χ1) is 17.3. The molecule has 1 fully saturated rings. The molecule has 2 rings (SSSR count). The Hall–Kier alpha value is -2.39. The third-order valence-corrected chi connectivity index (χ3v) is 6.98. The molecule has 0 bridgehead atoms. The van der Waals surface area contributed by atoms with E-state index < -0.39 is 0 Å². The molecule has 0 spiro atoms. The molecule has 1 aliphatic heterocycles. The summed E-state index contributed by atoms with van der Waals surface area (Å²) in [4.78, 5) is 17.1. The lowest BCUT2D eigenvalue weighted by Gasteiger charge is -2.34. The maximum absolute atomic E-state index is 12.6. The molecular weight excluding hydrogens is 440 g/mol. The molecule has 1 aromatic carbocycles. The molecule has 3 heteroatoms. The Kier molecular flexibility index (Phi) is 14.2. The van der Waals surface area contributed by atoms with E-state index in [-0.39, 0.29) is 0 Å². The van der Waals surface area contributed by atoms with E-state index in [0.29, 0.717) is 12.3 Å². The van der Waals surface area contributed by atoms with E-state index in [1.54, 1.807) is 0 Å². The summed E-state index contributed by atoms with van der Waals surface area (Å²) in [5.74, 6) is 0.304. The van der Waals surface area contributed by atoms with Crippen molar-refractivity contribution in [1.29, 1.82) is 0 Å². The van der Waals surface area contributed by atoms with Gasteiger partial charge in [0.1, 0.15) is 0 Å². The Balaban J connectivity index is 1.58. The number of benzene rings is 1. The van der Waals surface area contributed by atoms with Gasteiger partial charge in [-0.15, -0.1) is 0 Å². The summed E-state index contributed by atoms with van der Waals surface area (Å²) >= 11 is 0. The Bertz CT molecular complexity index is 895. The van der Waals surface area contributed by atoms with E-state index in [2.05, 4.69) is 99.1 Å². The van der Waals surface area contributed by atoms with Crippen molar-refractivity contribution < 1.29 is 4.79 Å². The predicted molar refractivity (Wildman–Crippen MR) is 156 cm³/mol. The summed E-state index contributed by atoms with van der Waals surface area (Å²) in [5, 5.41) is 0. The van der Waals surface area contributed by atoms with E-state index in [9.17, 15) is 4.79 Å². The summed E-state index contributed by atoms with van der Waals surface area (Å²) in [6.07, 6.45) is 17.7. The summed E-state index contributed by atoms with van der Waals surface area (Å²) in [6, 6.07) is 10.6. The SMILES string of the molecule is CC(C)=CCC/C(C)=C/CCC(C)=CCC/C(C)=C/CCC(=O)N1CCN(Cc2ccccc2)CC1. The molecule has 3 nitrogen and oxygen atoms in total. The predicted octanol–water partition coefficient (Wildman–Crippen LogP) is 8.26. The van der Waals surface area contributed by atoms with Crippen LogP contribution in [0.5, 0.6) is 0 Å². The highest BCUT2D eigenvalue weighted by atomic mass is 16.2. The topological polar surface area (TPSA) is 23.6 Å². The lowest BCUT2D eigenvalue weighted by molar-refractivity contribution is -0.132. The molecule has 0 atom stereocenters. The number of nitrogens with zero attached hydrogens (tertiary/aromatic N) is 2. The maximum atomic E-state index is 12.6. The summed E-state index contributed by atoms with van der Waals surface area (Å²) < 4.78 is 0. The fourth-order valence-corrected chi connectivity index (χ4v) is 4.58. The van der Waals surface area contributed by atoms with Crippen molar-refractivity contribution in [3.8, 4) is 0 Å². The van der Waals surface area contributed by atoms with Crippen LogP contribution < -0.4 is 0 Å². The van der Waals surface area contributed by atoms with E-state index in [4.69, 9.17) is 0 Å². The second kappa shape index (κ2) is 17.1. The molecule has 0 saturated carbocycles.